The van der Waals surface area contributed by atoms with Crippen LogP contribution in [-0.4, -0.2) is 15.0 Å². The van der Waals surface area contributed by atoms with Gasteiger partial charge in [-0.3, -0.25) is 0 Å². The van der Waals surface area contributed by atoms with Gasteiger partial charge in [0.2, 0.25) is 10.0 Å². The molecule has 0 spiro atoms. The second kappa shape index (κ2) is 5.38. The van der Waals surface area contributed by atoms with E-state index < -0.39 is 10.0 Å². The summed E-state index contributed by atoms with van der Waals surface area (Å²) in [7, 11) is -3.61. The van der Waals surface area contributed by atoms with Crippen LogP contribution in [0.25, 0.3) is 0 Å². The maximum absolute atomic E-state index is 11.3. The Hall–Kier alpha value is -0.910. The van der Waals surface area contributed by atoms with Crippen molar-refractivity contribution in [3.63, 3.8) is 0 Å². The van der Waals surface area contributed by atoms with Gasteiger partial charge in [-0.25, -0.2) is 13.6 Å². The molecule has 1 aliphatic rings. The second-order valence-electron chi connectivity index (χ2n) is 5.04. The van der Waals surface area contributed by atoms with E-state index in [2.05, 4.69) is 5.32 Å². The predicted molar refractivity (Wildman–Crippen MR) is 71.6 cm³/mol. The summed E-state index contributed by atoms with van der Waals surface area (Å²) in [5, 5.41) is 8.57. The van der Waals surface area contributed by atoms with Gasteiger partial charge in [0.25, 0.3) is 0 Å². The number of nitrogens with one attached hydrogen (secondary N) is 1. The monoisotopic (exact) mass is 268 g/mol. The van der Waals surface area contributed by atoms with Crippen molar-refractivity contribution in [3.05, 3.63) is 29.8 Å². The molecular weight excluding hydrogens is 248 g/mol. The molecule has 2 rings (SSSR count). The fourth-order valence-corrected chi connectivity index (χ4v) is 2.69. The van der Waals surface area contributed by atoms with Gasteiger partial charge in [0.05, 0.1) is 4.90 Å². The molecule has 5 heteroatoms. The molecule has 1 unspecified atom stereocenters. The highest BCUT2D eigenvalue weighted by molar-refractivity contribution is 7.89. The maximum atomic E-state index is 11.3. The van der Waals surface area contributed by atoms with Gasteiger partial charge in [0.15, 0.2) is 0 Å². The molecule has 3 N–H and O–H groups in total. The van der Waals surface area contributed by atoms with Crippen LogP contribution in [0.5, 0.6) is 0 Å². The van der Waals surface area contributed by atoms with Crippen LogP contribution >= 0.6 is 0 Å². The lowest BCUT2D eigenvalue weighted by atomic mass is 9.85. The summed E-state index contributed by atoms with van der Waals surface area (Å²) in [6.45, 7) is 3.04. The van der Waals surface area contributed by atoms with Crippen LogP contribution < -0.4 is 10.5 Å². The molecule has 0 saturated heterocycles. The van der Waals surface area contributed by atoms with Crippen molar-refractivity contribution in [3.8, 4) is 0 Å². The zero-order valence-electron chi connectivity index (χ0n) is 10.6. The second-order valence-corrected chi connectivity index (χ2v) is 6.61. The average molecular weight is 268 g/mol. The van der Waals surface area contributed by atoms with Gasteiger partial charge in [-0.2, -0.15) is 0 Å². The minimum Gasteiger partial charge on any atom is -0.310 e. The zero-order valence-corrected chi connectivity index (χ0v) is 11.4. The summed E-state index contributed by atoms with van der Waals surface area (Å²) >= 11 is 0. The summed E-state index contributed by atoms with van der Waals surface area (Å²) in [5.74, 6) is 0.786. The van der Waals surface area contributed by atoms with Crippen LogP contribution in [0.1, 0.15) is 37.8 Å². The first kappa shape index (κ1) is 13.5. The van der Waals surface area contributed by atoms with E-state index in [1.165, 1.54) is 25.3 Å². The molecule has 0 radical (unpaired) electrons. The van der Waals surface area contributed by atoms with Crippen molar-refractivity contribution in [1.82, 2.24) is 5.32 Å². The molecule has 1 aromatic carbocycles. The maximum Gasteiger partial charge on any atom is 0.238 e. The molecule has 0 heterocycles. The first-order valence-electron chi connectivity index (χ1n) is 6.33. The van der Waals surface area contributed by atoms with E-state index in [0.29, 0.717) is 0 Å². The molecule has 1 fully saturated rings. The first-order valence-corrected chi connectivity index (χ1v) is 7.87. The van der Waals surface area contributed by atoms with Crippen LogP contribution in [-0.2, 0) is 10.0 Å². The highest BCUT2D eigenvalue weighted by Crippen LogP contribution is 2.26. The highest BCUT2D eigenvalue weighted by atomic mass is 32.2. The Morgan fingerprint density at radius 2 is 2.17 bits per heavy atom. The Labute approximate surface area is 109 Å². The molecule has 1 atom stereocenters. The van der Waals surface area contributed by atoms with E-state index in [1.807, 2.05) is 13.0 Å². The summed E-state index contributed by atoms with van der Waals surface area (Å²) in [6, 6.07) is 6.97. The number of rotatable bonds is 5. The first-order chi connectivity index (χ1) is 8.47. The topological polar surface area (TPSA) is 72.2 Å². The van der Waals surface area contributed by atoms with Crippen LogP contribution in [0, 0.1) is 5.92 Å². The summed E-state index contributed by atoms with van der Waals surface area (Å²) in [5.41, 5.74) is 0.959. The smallest absolute Gasteiger partial charge is 0.238 e. The minimum absolute atomic E-state index is 0.146. The number of hydrogen-bond acceptors (Lipinski definition) is 3. The largest absolute Gasteiger partial charge is 0.310 e. The molecule has 100 valence electrons. The Balaban J connectivity index is 2.02. The molecule has 0 aromatic heterocycles. The van der Waals surface area contributed by atoms with Crippen molar-refractivity contribution >= 4 is 10.0 Å². The van der Waals surface area contributed by atoms with E-state index in [9.17, 15) is 8.42 Å². The third-order valence-corrected chi connectivity index (χ3v) is 4.54. The van der Waals surface area contributed by atoms with Gasteiger partial charge in [-0.1, -0.05) is 18.6 Å². The Kier molecular flexibility index (Phi) is 4.04. The van der Waals surface area contributed by atoms with E-state index in [-0.39, 0.29) is 10.9 Å². The zero-order chi connectivity index (χ0) is 13.2. The standard InChI is InChI=1S/C13H20N2O2S/c1-10(15-9-11-4-2-5-11)12-6-3-7-13(8-12)18(14,16)17/h3,6-8,10-11,15H,2,4-5,9H2,1H3,(H2,14,16,17). The van der Waals surface area contributed by atoms with E-state index in [0.717, 1.165) is 18.0 Å². The van der Waals surface area contributed by atoms with E-state index in [4.69, 9.17) is 5.14 Å². The highest BCUT2D eigenvalue weighted by Gasteiger charge is 2.18. The van der Waals surface area contributed by atoms with Crippen molar-refractivity contribution < 1.29 is 8.42 Å². The van der Waals surface area contributed by atoms with Crippen LogP contribution in [0.4, 0.5) is 0 Å². The van der Waals surface area contributed by atoms with Crippen LogP contribution in [0.2, 0.25) is 0 Å². The lowest BCUT2D eigenvalue weighted by molar-refractivity contribution is 0.292. The molecule has 4 nitrogen and oxygen atoms in total. The SMILES string of the molecule is CC(NCC1CCC1)c1cccc(S(N)(=O)=O)c1. The van der Waals surface area contributed by atoms with E-state index >= 15 is 0 Å². The molecule has 1 aromatic rings. The molecule has 0 amide bonds. The van der Waals surface area contributed by atoms with Crippen molar-refractivity contribution in [2.75, 3.05) is 6.54 Å². The third kappa shape index (κ3) is 3.31. The fourth-order valence-electron chi connectivity index (χ4n) is 2.12. The lowest BCUT2D eigenvalue weighted by Gasteiger charge is -2.27. The van der Waals surface area contributed by atoms with Gasteiger partial charge >= 0.3 is 0 Å². The van der Waals surface area contributed by atoms with Crippen LogP contribution in [0.15, 0.2) is 29.2 Å². The van der Waals surface area contributed by atoms with Gasteiger partial charge in [0.1, 0.15) is 0 Å². The fraction of sp³-hybridized carbons (Fsp3) is 0.538. The molecular formula is C13H20N2O2S. The van der Waals surface area contributed by atoms with Crippen molar-refractivity contribution in [1.29, 1.82) is 0 Å². The van der Waals surface area contributed by atoms with Gasteiger partial charge in [-0.15, -0.1) is 0 Å². The molecule has 1 saturated carbocycles. The van der Waals surface area contributed by atoms with Gasteiger partial charge in [-0.05, 0) is 49.9 Å². The number of nitrogens with two attached hydrogens (primary N) is 1. The Morgan fingerprint density at radius 3 is 2.72 bits per heavy atom. The normalized spacial score (nSPS) is 18.3. The predicted octanol–water partition coefficient (Wildman–Crippen LogP) is 1.78. The number of sulfonamides is 1. The quantitative estimate of drug-likeness (QED) is 0.855. The molecule has 18 heavy (non-hydrogen) atoms. The molecule has 0 aliphatic heterocycles. The summed E-state index contributed by atoms with van der Waals surface area (Å²) in [4.78, 5) is 0.178. The van der Waals surface area contributed by atoms with Gasteiger partial charge < -0.3 is 5.32 Å². The minimum atomic E-state index is -3.61. The van der Waals surface area contributed by atoms with E-state index in [1.54, 1.807) is 12.1 Å². The average Bonchev–Trinajstić information content (AvgIpc) is 2.26. The third-order valence-electron chi connectivity index (χ3n) is 3.62. The van der Waals surface area contributed by atoms with Crippen molar-refractivity contribution in [2.45, 2.75) is 37.1 Å². The summed E-state index contributed by atoms with van der Waals surface area (Å²) in [6.07, 6.45) is 3.94. The Bertz CT molecular complexity index is 509. The number of hydrogen-bond donors (Lipinski definition) is 2. The summed E-state index contributed by atoms with van der Waals surface area (Å²) < 4.78 is 22.6. The molecule has 0 bridgehead atoms. The number of primary sulfonamides is 1. The van der Waals surface area contributed by atoms with Gasteiger partial charge in [0, 0.05) is 6.04 Å². The number of benzene rings is 1. The Morgan fingerprint density at radius 1 is 1.44 bits per heavy atom. The lowest BCUT2D eigenvalue weighted by Crippen LogP contribution is -2.29. The van der Waals surface area contributed by atoms with Crippen LogP contribution in [0.3, 0.4) is 0 Å². The molecule has 1 aliphatic carbocycles. The van der Waals surface area contributed by atoms with Crippen molar-refractivity contribution in [2.24, 2.45) is 11.1 Å².